The second-order valence-corrected chi connectivity index (χ2v) is 5.72. The van der Waals surface area contributed by atoms with Gasteiger partial charge in [-0.25, -0.2) is 0 Å². The van der Waals surface area contributed by atoms with Gasteiger partial charge in [0, 0.05) is 17.5 Å². The van der Waals surface area contributed by atoms with E-state index in [1.165, 1.54) is 6.42 Å². The Hall–Kier alpha value is -0.710. The highest BCUT2D eigenvalue weighted by Crippen LogP contribution is 2.20. The molecule has 19 heavy (non-hydrogen) atoms. The first-order chi connectivity index (χ1) is 9.11. The van der Waals surface area contributed by atoms with E-state index in [1.807, 2.05) is 0 Å². The maximum Gasteiger partial charge on any atom is 0.252 e. The largest absolute Gasteiger partial charge is 0.350 e. The molecule has 1 aliphatic rings. The molecule has 1 N–H and O–H groups in total. The Bertz CT molecular complexity index is 467. The van der Waals surface area contributed by atoms with Crippen molar-refractivity contribution in [2.24, 2.45) is 0 Å². The van der Waals surface area contributed by atoms with Crippen molar-refractivity contribution >= 4 is 30.1 Å². The lowest BCUT2D eigenvalue weighted by Crippen LogP contribution is -2.40. The highest BCUT2D eigenvalue weighted by atomic mass is 35.5. The lowest BCUT2D eigenvalue weighted by molar-refractivity contribution is 0.0941. The Labute approximate surface area is 124 Å². The number of thiol groups is 1. The van der Waals surface area contributed by atoms with Crippen LogP contribution in [-0.4, -0.2) is 36.5 Å². The molecule has 0 saturated carbocycles. The lowest BCUT2D eigenvalue weighted by atomic mass is 10.2. The number of likely N-dealkylation sites (tertiary alicyclic amines) is 1. The molecule has 0 radical (unpaired) electrons. The molecule has 1 saturated heterocycles. The fourth-order valence-electron chi connectivity index (χ4n) is 2.54. The van der Waals surface area contributed by atoms with Gasteiger partial charge in [0.1, 0.15) is 0 Å². The minimum atomic E-state index is -0.121. The predicted molar refractivity (Wildman–Crippen MR) is 81.3 cm³/mol. The van der Waals surface area contributed by atoms with Gasteiger partial charge in [0.15, 0.2) is 0 Å². The highest BCUT2D eigenvalue weighted by molar-refractivity contribution is 7.80. The molecule has 1 aromatic rings. The van der Waals surface area contributed by atoms with Crippen LogP contribution in [0.5, 0.6) is 0 Å². The lowest BCUT2D eigenvalue weighted by Gasteiger charge is -2.23. The van der Waals surface area contributed by atoms with Gasteiger partial charge in [-0.2, -0.15) is 0 Å². The molecule has 1 aromatic carbocycles. The Balaban J connectivity index is 1.96. The van der Waals surface area contributed by atoms with Gasteiger partial charge in [0.2, 0.25) is 0 Å². The molecule has 1 unspecified atom stereocenters. The number of benzene rings is 1. The third kappa shape index (κ3) is 3.65. The fourth-order valence-corrected chi connectivity index (χ4v) is 2.94. The Kier molecular flexibility index (Phi) is 5.13. The summed E-state index contributed by atoms with van der Waals surface area (Å²) in [6.45, 7) is 5.00. The molecule has 3 nitrogen and oxygen atoms in total. The summed E-state index contributed by atoms with van der Waals surface area (Å²) in [5.74, 6) is -0.121. The monoisotopic (exact) mass is 298 g/mol. The minimum absolute atomic E-state index is 0.121. The zero-order valence-corrected chi connectivity index (χ0v) is 12.7. The SMILES string of the molecule is CCN1CCCC1CNC(=O)c1cc(S)ccc1Cl. The highest BCUT2D eigenvalue weighted by Gasteiger charge is 2.23. The standard InChI is InChI=1S/C14H19ClN2OS/c1-2-17-7-3-4-10(17)9-16-14(18)12-8-11(19)5-6-13(12)15/h5-6,8,10,19H,2-4,7,9H2,1H3,(H,16,18). The van der Waals surface area contributed by atoms with E-state index in [-0.39, 0.29) is 5.91 Å². The van der Waals surface area contributed by atoms with Gasteiger partial charge in [-0.15, -0.1) is 12.6 Å². The van der Waals surface area contributed by atoms with Gasteiger partial charge in [0.25, 0.3) is 5.91 Å². The molecule has 1 atom stereocenters. The predicted octanol–water partition coefficient (Wildman–Crippen LogP) is 2.84. The van der Waals surface area contributed by atoms with Crippen molar-refractivity contribution in [3.63, 3.8) is 0 Å². The van der Waals surface area contributed by atoms with Gasteiger partial charge in [-0.05, 0) is 44.1 Å². The third-order valence-corrected chi connectivity index (χ3v) is 4.21. The molecule has 0 bridgehead atoms. The van der Waals surface area contributed by atoms with Crippen molar-refractivity contribution < 1.29 is 4.79 Å². The normalized spacial score (nSPS) is 19.6. The summed E-state index contributed by atoms with van der Waals surface area (Å²) in [5.41, 5.74) is 0.496. The van der Waals surface area contributed by atoms with Gasteiger partial charge >= 0.3 is 0 Å². The summed E-state index contributed by atoms with van der Waals surface area (Å²) in [4.78, 5) is 15.3. The topological polar surface area (TPSA) is 32.3 Å². The van der Waals surface area contributed by atoms with E-state index in [2.05, 4.69) is 29.8 Å². The zero-order chi connectivity index (χ0) is 13.8. The summed E-state index contributed by atoms with van der Waals surface area (Å²) in [5, 5.41) is 3.44. The van der Waals surface area contributed by atoms with Crippen molar-refractivity contribution in [3.8, 4) is 0 Å². The molecule has 0 aliphatic carbocycles. The van der Waals surface area contributed by atoms with Crippen LogP contribution in [0.25, 0.3) is 0 Å². The molecule has 1 aliphatic heterocycles. The molecular formula is C14H19ClN2OS. The number of nitrogens with one attached hydrogen (secondary N) is 1. The van der Waals surface area contributed by atoms with Crippen molar-refractivity contribution in [1.82, 2.24) is 10.2 Å². The van der Waals surface area contributed by atoms with Gasteiger partial charge in [-0.3, -0.25) is 9.69 Å². The van der Waals surface area contributed by atoms with E-state index >= 15 is 0 Å². The maximum atomic E-state index is 12.1. The van der Waals surface area contributed by atoms with Crippen LogP contribution < -0.4 is 5.32 Å². The maximum absolute atomic E-state index is 12.1. The summed E-state index contributed by atoms with van der Waals surface area (Å²) >= 11 is 10.3. The van der Waals surface area contributed by atoms with E-state index in [1.54, 1.807) is 18.2 Å². The van der Waals surface area contributed by atoms with Crippen LogP contribution in [0.15, 0.2) is 23.1 Å². The first kappa shape index (κ1) is 14.7. The van der Waals surface area contributed by atoms with Gasteiger partial charge in [-0.1, -0.05) is 18.5 Å². The van der Waals surface area contributed by atoms with Gasteiger partial charge < -0.3 is 5.32 Å². The molecule has 0 aromatic heterocycles. The Morgan fingerprint density at radius 2 is 2.37 bits per heavy atom. The van der Waals surface area contributed by atoms with E-state index in [4.69, 9.17) is 11.6 Å². The van der Waals surface area contributed by atoms with Crippen molar-refractivity contribution in [2.45, 2.75) is 30.7 Å². The summed E-state index contributed by atoms with van der Waals surface area (Å²) < 4.78 is 0. The molecule has 2 rings (SSSR count). The number of halogens is 1. The van der Waals surface area contributed by atoms with Crippen LogP contribution in [0, 0.1) is 0 Å². The van der Waals surface area contributed by atoms with Crippen molar-refractivity contribution in [2.75, 3.05) is 19.6 Å². The molecule has 1 amide bonds. The van der Waals surface area contributed by atoms with E-state index in [9.17, 15) is 4.79 Å². The summed E-state index contributed by atoms with van der Waals surface area (Å²) in [6.07, 6.45) is 2.36. The minimum Gasteiger partial charge on any atom is -0.350 e. The van der Waals surface area contributed by atoms with Gasteiger partial charge in [0.05, 0.1) is 10.6 Å². The molecule has 1 fully saturated rings. The van der Waals surface area contributed by atoms with Crippen molar-refractivity contribution in [1.29, 1.82) is 0 Å². The van der Waals surface area contributed by atoms with Crippen LogP contribution in [0.4, 0.5) is 0 Å². The Morgan fingerprint density at radius 3 is 3.11 bits per heavy atom. The molecule has 104 valence electrons. The molecule has 0 spiro atoms. The van der Waals surface area contributed by atoms with E-state index in [0.29, 0.717) is 23.2 Å². The number of rotatable bonds is 4. The first-order valence-corrected chi connectivity index (χ1v) is 7.45. The second kappa shape index (κ2) is 6.64. The van der Waals surface area contributed by atoms with Crippen LogP contribution in [0.3, 0.4) is 0 Å². The Morgan fingerprint density at radius 1 is 1.58 bits per heavy atom. The first-order valence-electron chi connectivity index (χ1n) is 6.62. The third-order valence-electron chi connectivity index (χ3n) is 3.60. The summed E-state index contributed by atoms with van der Waals surface area (Å²) in [7, 11) is 0. The van der Waals surface area contributed by atoms with Crippen LogP contribution in [0.1, 0.15) is 30.1 Å². The fraction of sp³-hybridized carbons (Fsp3) is 0.500. The van der Waals surface area contributed by atoms with Crippen LogP contribution >= 0.6 is 24.2 Å². The van der Waals surface area contributed by atoms with Crippen molar-refractivity contribution in [3.05, 3.63) is 28.8 Å². The average molecular weight is 299 g/mol. The number of likely N-dealkylation sites (N-methyl/N-ethyl adjacent to an activating group) is 1. The number of hydrogen-bond acceptors (Lipinski definition) is 3. The average Bonchev–Trinajstić information content (AvgIpc) is 2.86. The number of carbonyl (C=O) groups is 1. The van der Waals surface area contributed by atoms with E-state index in [0.717, 1.165) is 24.4 Å². The molecular weight excluding hydrogens is 280 g/mol. The van der Waals surface area contributed by atoms with E-state index < -0.39 is 0 Å². The number of amides is 1. The van der Waals surface area contributed by atoms with Crippen LogP contribution in [0.2, 0.25) is 5.02 Å². The number of hydrogen-bond donors (Lipinski definition) is 2. The zero-order valence-electron chi connectivity index (χ0n) is 11.0. The smallest absolute Gasteiger partial charge is 0.252 e. The van der Waals surface area contributed by atoms with Crippen LogP contribution in [-0.2, 0) is 0 Å². The summed E-state index contributed by atoms with van der Waals surface area (Å²) in [6, 6.07) is 5.63. The quantitative estimate of drug-likeness (QED) is 0.838. The second-order valence-electron chi connectivity index (χ2n) is 4.80. The number of carbonyl (C=O) groups excluding carboxylic acids is 1. The molecule has 1 heterocycles. The molecule has 5 heteroatoms. The number of nitrogens with zero attached hydrogens (tertiary/aromatic N) is 1.